The quantitative estimate of drug-likeness (QED) is 0.625. The van der Waals surface area contributed by atoms with Gasteiger partial charge in [0.05, 0.1) is 37.5 Å². The number of carbonyl (C=O) groups excluding carboxylic acids is 2. The summed E-state index contributed by atoms with van der Waals surface area (Å²) in [6.45, 7) is 0. The molecule has 1 saturated carbocycles. The number of halogens is 1. The van der Waals surface area contributed by atoms with Crippen LogP contribution in [0.1, 0.15) is 35.2 Å². The molecule has 1 aliphatic heterocycles. The van der Waals surface area contributed by atoms with Gasteiger partial charge in [0.1, 0.15) is 23.7 Å². The minimum Gasteiger partial charge on any atom is -0.497 e. The predicted molar refractivity (Wildman–Crippen MR) is 115 cm³/mol. The number of fused-ring (bicyclic) bond motifs is 1. The van der Waals surface area contributed by atoms with Gasteiger partial charge in [0.2, 0.25) is 0 Å². The fourth-order valence-electron chi connectivity index (χ4n) is 4.05. The fraction of sp³-hybridized carbons (Fsp3) is 0.333. The van der Waals surface area contributed by atoms with Crippen LogP contribution in [0.5, 0.6) is 11.5 Å². The zero-order valence-electron chi connectivity index (χ0n) is 17.3. The number of Topliss-reactive ketones (excluding diaryl/α,β-unsaturated/α-hetero) is 1. The number of hydrogen-bond donors (Lipinski definition) is 0. The summed E-state index contributed by atoms with van der Waals surface area (Å²) < 4.78 is 22.0. The SMILES string of the molecule is COc1cc(OC)cc(C(=O)OC2CCC3C(=O)C(c4ccc(Cl)cc4)=COC3C2)c1. The fourth-order valence-corrected chi connectivity index (χ4v) is 4.17. The van der Waals surface area contributed by atoms with Crippen LogP contribution >= 0.6 is 11.6 Å². The van der Waals surface area contributed by atoms with E-state index in [0.29, 0.717) is 46.9 Å². The highest BCUT2D eigenvalue weighted by Gasteiger charge is 2.41. The molecule has 0 amide bonds. The monoisotopic (exact) mass is 442 g/mol. The van der Waals surface area contributed by atoms with Crippen LogP contribution in [0.2, 0.25) is 5.02 Å². The van der Waals surface area contributed by atoms with Crippen molar-refractivity contribution in [3.8, 4) is 11.5 Å². The first-order valence-corrected chi connectivity index (χ1v) is 10.5. The van der Waals surface area contributed by atoms with Gasteiger partial charge in [-0.3, -0.25) is 4.79 Å². The van der Waals surface area contributed by atoms with E-state index >= 15 is 0 Å². The van der Waals surface area contributed by atoms with Crippen molar-refractivity contribution >= 4 is 28.9 Å². The molecule has 3 atom stereocenters. The largest absolute Gasteiger partial charge is 0.497 e. The molecule has 1 aliphatic carbocycles. The molecule has 1 heterocycles. The van der Waals surface area contributed by atoms with Crippen LogP contribution in [0.15, 0.2) is 48.7 Å². The molecule has 3 unspecified atom stereocenters. The van der Waals surface area contributed by atoms with Gasteiger partial charge in [-0.05, 0) is 42.7 Å². The summed E-state index contributed by atoms with van der Waals surface area (Å²) >= 11 is 5.94. The number of ether oxygens (including phenoxy) is 4. The maximum absolute atomic E-state index is 13.0. The number of esters is 1. The van der Waals surface area contributed by atoms with Gasteiger partial charge in [0, 0.05) is 17.5 Å². The van der Waals surface area contributed by atoms with Crippen LogP contribution in [-0.2, 0) is 14.3 Å². The number of benzene rings is 2. The Kier molecular flexibility index (Phi) is 6.18. The highest BCUT2D eigenvalue weighted by Crippen LogP contribution is 2.37. The average molecular weight is 443 g/mol. The van der Waals surface area contributed by atoms with E-state index in [1.807, 2.05) is 12.1 Å². The number of methoxy groups -OCH3 is 2. The highest BCUT2D eigenvalue weighted by molar-refractivity contribution is 6.30. The molecule has 2 aliphatic rings. The van der Waals surface area contributed by atoms with E-state index in [1.165, 1.54) is 20.5 Å². The summed E-state index contributed by atoms with van der Waals surface area (Å²) in [5.41, 5.74) is 1.69. The zero-order valence-corrected chi connectivity index (χ0v) is 18.1. The van der Waals surface area contributed by atoms with E-state index in [1.54, 1.807) is 30.3 Å². The first kappa shape index (κ1) is 21.2. The average Bonchev–Trinajstić information content (AvgIpc) is 2.79. The molecule has 0 radical (unpaired) electrons. The van der Waals surface area contributed by atoms with Crippen molar-refractivity contribution in [3.05, 3.63) is 64.9 Å². The minimum absolute atomic E-state index is 0.0564. The molecular formula is C24H23ClO6. The van der Waals surface area contributed by atoms with E-state index in [-0.39, 0.29) is 23.9 Å². The molecule has 2 aromatic carbocycles. The molecule has 2 aromatic rings. The van der Waals surface area contributed by atoms with Gasteiger partial charge in [0.25, 0.3) is 0 Å². The first-order chi connectivity index (χ1) is 15.0. The van der Waals surface area contributed by atoms with Gasteiger partial charge in [-0.15, -0.1) is 0 Å². The van der Waals surface area contributed by atoms with Crippen molar-refractivity contribution in [1.29, 1.82) is 0 Å². The Morgan fingerprint density at radius 1 is 1.03 bits per heavy atom. The van der Waals surface area contributed by atoms with Gasteiger partial charge in [-0.25, -0.2) is 4.79 Å². The van der Waals surface area contributed by atoms with Crippen LogP contribution in [0, 0.1) is 5.92 Å². The van der Waals surface area contributed by atoms with Crippen molar-refractivity contribution < 1.29 is 28.5 Å². The summed E-state index contributed by atoms with van der Waals surface area (Å²) in [4.78, 5) is 25.7. The summed E-state index contributed by atoms with van der Waals surface area (Å²) in [5.74, 6) is 0.371. The van der Waals surface area contributed by atoms with Crippen LogP contribution in [0.3, 0.4) is 0 Å². The van der Waals surface area contributed by atoms with Crippen molar-refractivity contribution in [2.24, 2.45) is 5.92 Å². The lowest BCUT2D eigenvalue weighted by atomic mass is 9.78. The second-order valence-corrected chi connectivity index (χ2v) is 8.06. The smallest absolute Gasteiger partial charge is 0.338 e. The molecule has 0 N–H and O–H groups in total. The van der Waals surface area contributed by atoms with Gasteiger partial charge in [0.15, 0.2) is 5.78 Å². The van der Waals surface area contributed by atoms with Gasteiger partial charge >= 0.3 is 5.97 Å². The first-order valence-electron chi connectivity index (χ1n) is 10.1. The Morgan fingerprint density at radius 3 is 2.35 bits per heavy atom. The van der Waals surface area contributed by atoms with Crippen molar-refractivity contribution in [3.63, 3.8) is 0 Å². The minimum atomic E-state index is -0.458. The summed E-state index contributed by atoms with van der Waals surface area (Å²) in [6, 6.07) is 12.0. The lowest BCUT2D eigenvalue weighted by Gasteiger charge is -2.37. The molecule has 6 nitrogen and oxygen atoms in total. The summed E-state index contributed by atoms with van der Waals surface area (Å²) in [6.07, 6.45) is 2.53. The molecule has 0 aromatic heterocycles. The molecule has 4 rings (SSSR count). The summed E-state index contributed by atoms with van der Waals surface area (Å²) in [5, 5.41) is 0.613. The maximum atomic E-state index is 13.0. The molecule has 1 fully saturated rings. The van der Waals surface area contributed by atoms with Gasteiger partial charge in [-0.1, -0.05) is 23.7 Å². The van der Waals surface area contributed by atoms with E-state index in [4.69, 9.17) is 30.5 Å². The van der Waals surface area contributed by atoms with Gasteiger partial charge in [-0.2, -0.15) is 0 Å². The number of carbonyl (C=O) groups is 2. The third-order valence-corrected chi connectivity index (χ3v) is 5.97. The molecule has 0 spiro atoms. The zero-order chi connectivity index (χ0) is 22.0. The number of ketones is 1. The van der Waals surface area contributed by atoms with E-state index < -0.39 is 5.97 Å². The lowest BCUT2D eigenvalue weighted by molar-refractivity contribution is -0.126. The highest BCUT2D eigenvalue weighted by atomic mass is 35.5. The van der Waals surface area contributed by atoms with Crippen LogP contribution in [0.25, 0.3) is 5.57 Å². The molecule has 31 heavy (non-hydrogen) atoms. The Hall–Kier alpha value is -2.99. The third kappa shape index (κ3) is 4.54. The predicted octanol–water partition coefficient (Wildman–Crippen LogP) is 4.69. The van der Waals surface area contributed by atoms with E-state index in [2.05, 4.69) is 0 Å². The van der Waals surface area contributed by atoms with E-state index in [0.717, 1.165) is 5.56 Å². The molecule has 0 saturated heterocycles. The molecule has 162 valence electrons. The maximum Gasteiger partial charge on any atom is 0.338 e. The van der Waals surface area contributed by atoms with Crippen LogP contribution in [0.4, 0.5) is 0 Å². The topological polar surface area (TPSA) is 71.1 Å². The van der Waals surface area contributed by atoms with Gasteiger partial charge < -0.3 is 18.9 Å². The van der Waals surface area contributed by atoms with E-state index in [9.17, 15) is 9.59 Å². The number of rotatable bonds is 5. The normalized spacial score (nSPS) is 22.6. The van der Waals surface area contributed by atoms with Crippen molar-refractivity contribution in [2.75, 3.05) is 14.2 Å². The Bertz CT molecular complexity index is 991. The van der Waals surface area contributed by atoms with Crippen molar-refractivity contribution in [2.45, 2.75) is 31.5 Å². The number of hydrogen-bond acceptors (Lipinski definition) is 6. The lowest BCUT2D eigenvalue weighted by Crippen LogP contribution is -2.42. The second kappa shape index (κ2) is 9.02. The van der Waals surface area contributed by atoms with Crippen LogP contribution in [-0.4, -0.2) is 38.2 Å². The van der Waals surface area contributed by atoms with Crippen molar-refractivity contribution in [1.82, 2.24) is 0 Å². The molecule has 0 bridgehead atoms. The Labute approximate surface area is 185 Å². The molecule has 7 heteroatoms. The number of allylic oxidation sites excluding steroid dienone is 1. The second-order valence-electron chi connectivity index (χ2n) is 7.63. The Morgan fingerprint density at radius 2 is 1.71 bits per heavy atom. The summed E-state index contributed by atoms with van der Waals surface area (Å²) in [7, 11) is 3.04. The van der Waals surface area contributed by atoms with Crippen LogP contribution < -0.4 is 9.47 Å². The standard InChI is InChI=1S/C24H23ClO6/c1-28-18-9-15(10-19(11-18)29-2)24(27)31-17-7-8-20-22(12-17)30-13-21(23(20)26)14-3-5-16(25)6-4-14/h3-6,9-11,13,17,20,22H,7-8,12H2,1-2H3. The third-order valence-electron chi connectivity index (χ3n) is 5.72. The molecular weight excluding hydrogens is 420 g/mol. The Balaban J connectivity index is 1.43.